The second kappa shape index (κ2) is 6.31. The molecule has 1 aromatic carbocycles. The van der Waals surface area contributed by atoms with Crippen LogP contribution in [0.4, 0.5) is 10.5 Å². The summed E-state index contributed by atoms with van der Waals surface area (Å²) < 4.78 is 4.67. The number of nitrogens with one attached hydrogen (secondary N) is 1. The molecule has 24 heavy (non-hydrogen) atoms. The van der Waals surface area contributed by atoms with Crippen molar-refractivity contribution in [1.29, 1.82) is 0 Å². The fourth-order valence-corrected chi connectivity index (χ4v) is 2.73. The van der Waals surface area contributed by atoms with Gasteiger partial charge in [0.2, 0.25) is 11.8 Å². The zero-order valence-corrected chi connectivity index (χ0v) is 13.2. The number of likely N-dealkylation sites (tertiary alicyclic amines) is 1. The van der Waals surface area contributed by atoms with Gasteiger partial charge in [0, 0.05) is 25.7 Å². The maximum absolute atomic E-state index is 12.2. The van der Waals surface area contributed by atoms with Gasteiger partial charge in [-0.3, -0.25) is 14.4 Å². The van der Waals surface area contributed by atoms with E-state index in [9.17, 15) is 19.2 Å². The number of anilines is 1. The maximum atomic E-state index is 12.2. The van der Waals surface area contributed by atoms with Crippen LogP contribution in [0.2, 0.25) is 0 Å². The largest absolute Gasteiger partial charge is 0.439 e. The van der Waals surface area contributed by atoms with Gasteiger partial charge in [-0.2, -0.15) is 0 Å². The van der Waals surface area contributed by atoms with Crippen LogP contribution in [0.25, 0.3) is 0 Å². The van der Waals surface area contributed by atoms with Crippen molar-refractivity contribution in [2.75, 3.05) is 25.0 Å². The summed E-state index contributed by atoms with van der Waals surface area (Å²) in [6, 6.07) is 6.74. The first-order valence-corrected chi connectivity index (χ1v) is 7.57. The van der Waals surface area contributed by atoms with E-state index in [2.05, 4.69) is 10.1 Å². The van der Waals surface area contributed by atoms with Crippen LogP contribution < -0.4 is 5.32 Å². The number of hydrogen-bond acceptors (Lipinski definition) is 5. The minimum absolute atomic E-state index is 0.0708. The molecule has 3 rings (SSSR count). The molecule has 0 atom stereocenters. The summed E-state index contributed by atoms with van der Waals surface area (Å²) in [4.78, 5) is 48.9. The molecule has 8 heteroatoms. The van der Waals surface area contributed by atoms with Gasteiger partial charge in [0.05, 0.1) is 12.5 Å². The fraction of sp³-hybridized carbons (Fsp3) is 0.375. The highest BCUT2D eigenvalue weighted by molar-refractivity contribution is 5.98. The Morgan fingerprint density at radius 1 is 1.21 bits per heavy atom. The van der Waals surface area contributed by atoms with Crippen molar-refractivity contribution in [3.8, 4) is 0 Å². The van der Waals surface area contributed by atoms with Gasteiger partial charge in [-0.05, 0) is 17.7 Å². The molecule has 0 unspecified atom stereocenters. The van der Waals surface area contributed by atoms with Crippen LogP contribution in [0.1, 0.15) is 12.5 Å². The number of imide groups is 1. The molecule has 2 aliphatic rings. The summed E-state index contributed by atoms with van der Waals surface area (Å²) in [5.41, 5.74) is 1.50. The summed E-state index contributed by atoms with van der Waals surface area (Å²) >= 11 is 0. The van der Waals surface area contributed by atoms with Crippen molar-refractivity contribution in [2.45, 2.75) is 19.4 Å². The fourth-order valence-electron chi connectivity index (χ4n) is 2.73. The number of nitrogens with zero attached hydrogens (tertiary/aromatic N) is 2. The average Bonchev–Trinajstić information content (AvgIpc) is 2.79. The Morgan fingerprint density at radius 3 is 2.42 bits per heavy atom. The Labute approximate surface area is 138 Å². The van der Waals surface area contributed by atoms with Crippen molar-refractivity contribution in [1.82, 2.24) is 9.80 Å². The van der Waals surface area contributed by atoms with Crippen molar-refractivity contribution >= 4 is 29.5 Å². The minimum atomic E-state index is -0.634. The molecule has 0 radical (unpaired) electrons. The number of carbonyl (C=O) groups excluding carboxylic acids is 4. The third-order valence-corrected chi connectivity index (χ3v) is 3.99. The second-order valence-electron chi connectivity index (χ2n) is 5.83. The zero-order chi connectivity index (χ0) is 17.3. The highest BCUT2D eigenvalue weighted by Crippen LogP contribution is 2.21. The van der Waals surface area contributed by atoms with E-state index in [0.717, 1.165) is 10.5 Å². The minimum Gasteiger partial charge on any atom is -0.439 e. The number of benzene rings is 1. The van der Waals surface area contributed by atoms with E-state index >= 15 is 0 Å². The first-order valence-electron chi connectivity index (χ1n) is 7.57. The normalized spacial score (nSPS) is 17.5. The van der Waals surface area contributed by atoms with Crippen LogP contribution in [0, 0.1) is 0 Å². The van der Waals surface area contributed by atoms with E-state index in [1.54, 1.807) is 29.2 Å². The summed E-state index contributed by atoms with van der Waals surface area (Å²) in [5, 5.41) is 2.66. The van der Waals surface area contributed by atoms with Crippen LogP contribution in [-0.4, -0.2) is 59.4 Å². The third-order valence-electron chi connectivity index (χ3n) is 3.99. The molecule has 126 valence electrons. The topological polar surface area (TPSA) is 96.0 Å². The Balaban J connectivity index is 1.51. The Bertz CT molecular complexity index is 678. The van der Waals surface area contributed by atoms with Crippen molar-refractivity contribution < 1.29 is 23.9 Å². The quantitative estimate of drug-likeness (QED) is 0.860. The Hall–Kier alpha value is -2.90. The van der Waals surface area contributed by atoms with Crippen LogP contribution in [0.3, 0.4) is 0 Å². The molecule has 0 aliphatic carbocycles. The van der Waals surface area contributed by atoms with Gasteiger partial charge in [-0.15, -0.1) is 0 Å². The number of carbonyl (C=O) groups is 4. The molecule has 0 aromatic heterocycles. The molecule has 2 fully saturated rings. The van der Waals surface area contributed by atoms with Crippen LogP contribution in [0.15, 0.2) is 24.3 Å². The lowest BCUT2D eigenvalue weighted by Gasteiger charge is -2.42. The molecule has 8 nitrogen and oxygen atoms in total. The first-order chi connectivity index (χ1) is 11.4. The standard InChI is InChI=1S/C16H17N3O5/c1-10(20)17-12-4-2-11(3-5-12)6-14(21)18-7-13(8-18)19-15(22)9-24-16(19)23/h2-5,13H,6-9H2,1H3,(H,17,20). The van der Waals surface area contributed by atoms with E-state index in [4.69, 9.17) is 0 Å². The van der Waals surface area contributed by atoms with Gasteiger partial charge in [-0.1, -0.05) is 12.1 Å². The smallest absolute Gasteiger partial charge is 0.417 e. The van der Waals surface area contributed by atoms with Crippen LogP contribution >= 0.6 is 0 Å². The zero-order valence-electron chi connectivity index (χ0n) is 13.2. The average molecular weight is 331 g/mol. The maximum Gasteiger partial charge on any atom is 0.417 e. The lowest BCUT2D eigenvalue weighted by molar-refractivity contribution is -0.141. The molecular weight excluding hydrogens is 314 g/mol. The van der Waals surface area contributed by atoms with Gasteiger partial charge in [0.15, 0.2) is 6.61 Å². The van der Waals surface area contributed by atoms with Gasteiger partial charge in [0.1, 0.15) is 0 Å². The predicted molar refractivity (Wildman–Crippen MR) is 83.0 cm³/mol. The van der Waals surface area contributed by atoms with Gasteiger partial charge < -0.3 is 15.0 Å². The summed E-state index contributed by atoms with van der Waals surface area (Å²) in [5.74, 6) is -0.579. The molecule has 2 saturated heterocycles. The first kappa shape index (κ1) is 16.0. The lowest BCUT2D eigenvalue weighted by Crippen LogP contribution is -2.62. The Morgan fingerprint density at radius 2 is 1.88 bits per heavy atom. The monoisotopic (exact) mass is 331 g/mol. The van der Waals surface area contributed by atoms with E-state index in [-0.39, 0.29) is 36.8 Å². The number of ether oxygens (including phenoxy) is 1. The number of rotatable bonds is 4. The van der Waals surface area contributed by atoms with E-state index in [1.165, 1.54) is 6.92 Å². The summed E-state index contributed by atoms with van der Waals surface area (Å²) in [6.07, 6.45) is -0.406. The molecule has 0 bridgehead atoms. The SMILES string of the molecule is CC(=O)Nc1ccc(CC(=O)N2CC(N3C(=O)COC3=O)C2)cc1. The van der Waals surface area contributed by atoms with Gasteiger partial charge in [-0.25, -0.2) is 9.69 Å². The Kier molecular flexibility index (Phi) is 4.20. The summed E-state index contributed by atoms with van der Waals surface area (Å²) in [6.45, 7) is 1.88. The van der Waals surface area contributed by atoms with Crippen molar-refractivity contribution in [3.63, 3.8) is 0 Å². The molecule has 4 amide bonds. The highest BCUT2D eigenvalue weighted by atomic mass is 16.6. The molecule has 2 aliphatic heterocycles. The van der Waals surface area contributed by atoms with E-state index in [0.29, 0.717) is 18.8 Å². The third kappa shape index (κ3) is 3.22. The number of amides is 4. The molecule has 2 heterocycles. The number of hydrogen-bond donors (Lipinski definition) is 1. The molecule has 0 spiro atoms. The van der Waals surface area contributed by atoms with Gasteiger partial charge in [0.25, 0.3) is 5.91 Å². The highest BCUT2D eigenvalue weighted by Gasteiger charge is 2.44. The molecule has 1 N–H and O–H groups in total. The molecular formula is C16H17N3O5. The number of cyclic esters (lactones) is 1. The molecule has 0 saturated carbocycles. The van der Waals surface area contributed by atoms with Crippen molar-refractivity contribution in [2.24, 2.45) is 0 Å². The second-order valence-corrected chi connectivity index (χ2v) is 5.83. The predicted octanol–water partition coefficient (Wildman–Crippen LogP) is 0.377. The van der Waals surface area contributed by atoms with Crippen LogP contribution in [-0.2, 0) is 25.5 Å². The van der Waals surface area contributed by atoms with Crippen LogP contribution in [0.5, 0.6) is 0 Å². The molecule has 1 aromatic rings. The van der Waals surface area contributed by atoms with Crippen molar-refractivity contribution in [3.05, 3.63) is 29.8 Å². The van der Waals surface area contributed by atoms with E-state index < -0.39 is 6.09 Å². The van der Waals surface area contributed by atoms with E-state index in [1.807, 2.05) is 0 Å². The van der Waals surface area contributed by atoms with Gasteiger partial charge >= 0.3 is 6.09 Å². The lowest BCUT2D eigenvalue weighted by atomic mass is 10.0. The summed E-state index contributed by atoms with van der Waals surface area (Å²) in [7, 11) is 0.